The molecule has 2 rings (SSSR count). The van der Waals surface area contributed by atoms with E-state index >= 15 is 0 Å². The Bertz CT molecular complexity index is 809. The molecule has 0 spiro atoms. The van der Waals surface area contributed by atoms with Crippen LogP contribution in [0.15, 0.2) is 39.4 Å². The summed E-state index contributed by atoms with van der Waals surface area (Å²) in [5, 5.41) is 0. The lowest BCUT2D eigenvalue weighted by Gasteiger charge is -2.37. The van der Waals surface area contributed by atoms with Gasteiger partial charge in [-0.25, -0.2) is 4.39 Å². The van der Waals surface area contributed by atoms with Crippen molar-refractivity contribution in [3.63, 3.8) is 0 Å². The maximum atomic E-state index is 15.0. The van der Waals surface area contributed by atoms with Crippen LogP contribution in [0.1, 0.15) is 18.1 Å². The number of rotatable bonds is 4. The smallest absolute Gasteiger partial charge is 0.457 e. The Kier molecular flexibility index (Phi) is 5.41. The normalized spacial score (nSPS) is 15.7. The van der Waals surface area contributed by atoms with Gasteiger partial charge in [0.2, 0.25) is 0 Å². The van der Waals surface area contributed by atoms with Gasteiger partial charge >= 0.3 is 23.9 Å². The van der Waals surface area contributed by atoms with Crippen molar-refractivity contribution in [2.45, 2.75) is 37.3 Å². The number of furan rings is 1. The van der Waals surface area contributed by atoms with Crippen LogP contribution in [0.25, 0.3) is 11.3 Å². The summed E-state index contributed by atoms with van der Waals surface area (Å²) in [7, 11) is 0. The summed E-state index contributed by atoms with van der Waals surface area (Å²) in [6, 6.07) is 3.70. The lowest BCUT2D eigenvalue weighted by Crippen LogP contribution is -2.60. The second kappa shape index (κ2) is 6.75. The quantitative estimate of drug-likeness (QED) is 0.432. The molecule has 0 saturated heterocycles. The van der Waals surface area contributed by atoms with E-state index in [-0.39, 0.29) is 16.5 Å². The van der Waals surface area contributed by atoms with Crippen molar-refractivity contribution in [3.05, 3.63) is 46.1 Å². The minimum atomic E-state index is -6.80. The zero-order valence-electron chi connectivity index (χ0n) is 13.3. The molecule has 11 heteroatoms. The van der Waals surface area contributed by atoms with Crippen molar-refractivity contribution < 1.29 is 43.9 Å². The molecule has 1 aromatic carbocycles. The highest BCUT2D eigenvalue weighted by Crippen LogP contribution is 2.60. The summed E-state index contributed by atoms with van der Waals surface area (Å²) in [5.41, 5.74) is -8.91. The van der Waals surface area contributed by atoms with Crippen LogP contribution in [-0.2, 0) is 12.1 Å². The second-order valence-corrected chi connectivity index (χ2v) is 6.41. The fourth-order valence-corrected chi connectivity index (χ4v) is 3.21. The van der Waals surface area contributed by atoms with Crippen LogP contribution >= 0.6 is 15.9 Å². The summed E-state index contributed by atoms with van der Waals surface area (Å²) < 4.78 is 126. The molecule has 1 atom stereocenters. The average Bonchev–Trinajstić information content (AvgIpc) is 3.04. The van der Waals surface area contributed by atoms with Crippen molar-refractivity contribution in [2.24, 2.45) is 0 Å². The molecule has 0 saturated carbocycles. The van der Waals surface area contributed by atoms with Gasteiger partial charge in [0.15, 0.2) is 0 Å². The number of alkyl halides is 9. The van der Waals surface area contributed by atoms with Gasteiger partial charge in [0.05, 0.1) is 6.26 Å². The fourth-order valence-electron chi connectivity index (χ4n) is 2.51. The molecule has 0 radical (unpaired) electrons. The SMILES string of the molecule is CCc1cc(Br)c(-c2ccco2)c(C(F)(C(F)(F)F)C(F)(F)C(F)(F)F)c1. The topological polar surface area (TPSA) is 13.1 Å². The molecule has 1 unspecified atom stereocenters. The third kappa shape index (κ3) is 3.34. The standard InChI is InChI=1S/C16H10BrF9O/c1-2-8-6-9(12(10(17)7-8)11-4-3-5-27-11)13(18,15(21,22)23)14(19,20)16(24,25)26/h3-7H,2H2,1H3. The van der Waals surface area contributed by atoms with Crippen LogP contribution in [0.3, 0.4) is 0 Å². The van der Waals surface area contributed by atoms with Gasteiger partial charge in [-0.3, -0.25) is 0 Å². The zero-order valence-corrected chi connectivity index (χ0v) is 14.9. The molecule has 0 amide bonds. The Labute approximate surface area is 155 Å². The molecule has 0 bridgehead atoms. The summed E-state index contributed by atoms with van der Waals surface area (Å²) in [4.78, 5) is 0. The van der Waals surface area contributed by atoms with Crippen LogP contribution in [0, 0.1) is 0 Å². The Balaban J connectivity index is 2.99. The van der Waals surface area contributed by atoms with E-state index in [0.717, 1.165) is 18.4 Å². The summed E-state index contributed by atoms with van der Waals surface area (Å²) in [6.07, 6.45) is -12.5. The van der Waals surface area contributed by atoms with Crippen molar-refractivity contribution in [3.8, 4) is 11.3 Å². The van der Waals surface area contributed by atoms with Crippen molar-refractivity contribution in [2.75, 3.05) is 0 Å². The Morgan fingerprint density at radius 3 is 1.93 bits per heavy atom. The van der Waals surface area contributed by atoms with Gasteiger partial charge < -0.3 is 4.42 Å². The van der Waals surface area contributed by atoms with Gasteiger partial charge in [-0.15, -0.1) is 0 Å². The Morgan fingerprint density at radius 2 is 1.52 bits per heavy atom. The summed E-state index contributed by atoms with van der Waals surface area (Å²) in [5.74, 6) is -7.27. The predicted molar refractivity (Wildman–Crippen MR) is 81.1 cm³/mol. The van der Waals surface area contributed by atoms with Crippen LogP contribution in [0.4, 0.5) is 39.5 Å². The molecule has 1 nitrogen and oxygen atoms in total. The highest BCUT2D eigenvalue weighted by molar-refractivity contribution is 9.10. The highest BCUT2D eigenvalue weighted by atomic mass is 79.9. The number of benzene rings is 1. The van der Waals surface area contributed by atoms with Gasteiger partial charge in [0.1, 0.15) is 5.76 Å². The summed E-state index contributed by atoms with van der Waals surface area (Å²) in [6.45, 7) is 1.41. The number of hydrogen-bond donors (Lipinski definition) is 0. The van der Waals surface area contributed by atoms with Gasteiger partial charge in [0.25, 0.3) is 0 Å². The lowest BCUT2D eigenvalue weighted by molar-refractivity contribution is -0.389. The first-order chi connectivity index (χ1) is 12.2. The van der Waals surface area contributed by atoms with Gasteiger partial charge in [-0.05, 0) is 30.2 Å². The van der Waals surface area contributed by atoms with Crippen LogP contribution < -0.4 is 0 Å². The van der Waals surface area contributed by atoms with E-state index in [1.54, 1.807) is 0 Å². The first-order valence-corrected chi connectivity index (χ1v) is 8.04. The van der Waals surface area contributed by atoms with Crippen LogP contribution in [0.2, 0.25) is 0 Å². The van der Waals surface area contributed by atoms with E-state index in [1.807, 2.05) is 0 Å². The minimum absolute atomic E-state index is 0.0461. The van der Waals surface area contributed by atoms with Crippen molar-refractivity contribution >= 4 is 15.9 Å². The number of aryl methyl sites for hydroxylation is 1. The number of hydrogen-bond acceptors (Lipinski definition) is 1. The first kappa shape index (κ1) is 21.6. The van der Waals surface area contributed by atoms with Gasteiger partial charge in [-0.2, -0.15) is 35.1 Å². The Hall–Kier alpha value is -1.65. The molecule has 1 heterocycles. The van der Waals surface area contributed by atoms with E-state index in [2.05, 4.69) is 15.9 Å². The molecule has 0 aliphatic carbocycles. The minimum Gasteiger partial charge on any atom is -0.464 e. The largest absolute Gasteiger partial charge is 0.464 e. The van der Waals surface area contributed by atoms with Gasteiger partial charge in [0, 0.05) is 15.6 Å². The molecule has 0 N–H and O–H groups in total. The third-order valence-electron chi connectivity index (χ3n) is 3.88. The second-order valence-electron chi connectivity index (χ2n) is 5.56. The molecule has 0 fully saturated rings. The first-order valence-electron chi connectivity index (χ1n) is 7.25. The maximum absolute atomic E-state index is 15.0. The fraction of sp³-hybridized carbons (Fsp3) is 0.375. The van der Waals surface area contributed by atoms with Crippen molar-refractivity contribution in [1.82, 2.24) is 0 Å². The molecule has 0 aliphatic rings. The van der Waals surface area contributed by atoms with E-state index in [0.29, 0.717) is 6.07 Å². The summed E-state index contributed by atoms with van der Waals surface area (Å²) >= 11 is 2.82. The molecular weight excluding hydrogens is 459 g/mol. The van der Waals surface area contributed by atoms with Crippen molar-refractivity contribution in [1.29, 1.82) is 0 Å². The molecule has 0 aliphatic heterocycles. The zero-order chi connectivity index (χ0) is 20.8. The van der Waals surface area contributed by atoms with Crippen LogP contribution in [-0.4, -0.2) is 18.3 Å². The van der Waals surface area contributed by atoms with E-state index in [9.17, 15) is 39.5 Å². The molecule has 1 aromatic heterocycles. The monoisotopic (exact) mass is 468 g/mol. The lowest BCUT2D eigenvalue weighted by atomic mass is 9.82. The molecular formula is C16H10BrF9O. The molecule has 2 aromatic rings. The third-order valence-corrected chi connectivity index (χ3v) is 4.50. The molecule has 27 heavy (non-hydrogen) atoms. The average molecular weight is 469 g/mol. The van der Waals surface area contributed by atoms with E-state index in [1.165, 1.54) is 13.0 Å². The van der Waals surface area contributed by atoms with E-state index in [4.69, 9.17) is 4.42 Å². The molecule has 150 valence electrons. The van der Waals surface area contributed by atoms with Crippen LogP contribution in [0.5, 0.6) is 0 Å². The van der Waals surface area contributed by atoms with Gasteiger partial charge in [-0.1, -0.05) is 28.9 Å². The van der Waals surface area contributed by atoms with E-state index < -0.39 is 40.8 Å². The maximum Gasteiger partial charge on any atom is 0.457 e. The predicted octanol–water partition coefficient (Wildman–Crippen LogP) is 7.20. The highest BCUT2D eigenvalue weighted by Gasteiger charge is 2.82. The number of halogens is 10. The Morgan fingerprint density at radius 1 is 0.926 bits per heavy atom.